The van der Waals surface area contributed by atoms with Crippen molar-refractivity contribution in [3.63, 3.8) is 0 Å². The molecule has 0 amide bonds. The number of hydrogen-bond acceptors (Lipinski definition) is 2. The largest absolute Gasteiger partial charge is 0.432 e. The van der Waals surface area contributed by atoms with Crippen molar-refractivity contribution in [1.29, 1.82) is 0 Å². The van der Waals surface area contributed by atoms with Gasteiger partial charge in [0.25, 0.3) is 0 Å². The van der Waals surface area contributed by atoms with Crippen LogP contribution in [0.1, 0.15) is 0 Å². The molecule has 0 aliphatic rings. The van der Waals surface area contributed by atoms with E-state index in [-0.39, 0.29) is 32.7 Å². The number of rotatable bonds is 2. The molecule has 4 heteroatoms. The van der Waals surface area contributed by atoms with Crippen LogP contribution in [0.3, 0.4) is 0 Å². The predicted molar refractivity (Wildman–Crippen MR) is 60.5 cm³/mol. The second-order valence-corrected chi connectivity index (χ2v) is 3.24. The first-order valence-corrected chi connectivity index (χ1v) is 4.71. The number of hydrogen-bond donors (Lipinski definition) is 2. The minimum Gasteiger partial charge on any atom is -0.432 e. The second-order valence-electron chi connectivity index (χ2n) is 3.24. The first kappa shape index (κ1) is 13.6. The van der Waals surface area contributed by atoms with Gasteiger partial charge in [-0.2, -0.15) is 0 Å². The van der Waals surface area contributed by atoms with Crippen LogP contribution in [0.4, 0.5) is 0 Å². The molecule has 77 valence electrons. The Labute approximate surface area is 120 Å². The molecule has 0 aliphatic carbocycles. The Morgan fingerprint density at radius 1 is 0.938 bits per heavy atom. The van der Waals surface area contributed by atoms with Crippen LogP contribution >= 0.6 is 0 Å². The molecule has 0 aliphatic heterocycles. The van der Waals surface area contributed by atoms with Gasteiger partial charge in [-0.25, -0.2) is 0 Å². The molecule has 2 aromatic rings. The third-order valence-electron chi connectivity index (χ3n) is 2.23. The molecule has 0 saturated heterocycles. The van der Waals surface area contributed by atoms with E-state index in [1.807, 2.05) is 30.3 Å². The Balaban J connectivity index is 0.00000128. The van der Waals surface area contributed by atoms with E-state index in [0.29, 0.717) is 5.46 Å². The summed E-state index contributed by atoms with van der Waals surface area (Å²) >= 11 is 0. The van der Waals surface area contributed by atoms with Crippen LogP contribution in [-0.2, 0) is 32.7 Å². The maximum atomic E-state index is 9.20. The van der Waals surface area contributed by atoms with Gasteiger partial charge in [-0.1, -0.05) is 41.4 Å². The average Bonchev–Trinajstić information content (AvgIpc) is 2.30. The van der Waals surface area contributed by atoms with Crippen LogP contribution in [0.25, 0.3) is 11.1 Å². The normalized spacial score (nSPS) is 9.38. The maximum Gasteiger partial charge on any atom is 0.429 e. The first-order valence-electron chi connectivity index (χ1n) is 4.71. The molecule has 0 bridgehead atoms. The third-order valence-corrected chi connectivity index (χ3v) is 2.23. The molecule has 0 aromatic heterocycles. The van der Waals surface area contributed by atoms with Gasteiger partial charge in [-0.05, 0) is 0 Å². The fourth-order valence-electron chi connectivity index (χ4n) is 1.52. The van der Waals surface area contributed by atoms with Crippen molar-refractivity contribution < 1.29 is 42.8 Å². The van der Waals surface area contributed by atoms with Gasteiger partial charge in [-0.3, -0.25) is 0 Å². The van der Waals surface area contributed by atoms with Crippen LogP contribution in [-0.4, -0.2) is 17.2 Å². The van der Waals surface area contributed by atoms with E-state index in [9.17, 15) is 10.0 Å². The van der Waals surface area contributed by atoms with Gasteiger partial charge in [0.2, 0.25) is 0 Å². The molecule has 0 spiro atoms. The number of benzene rings is 2. The Kier molecular flexibility index (Phi) is 5.36. The summed E-state index contributed by atoms with van der Waals surface area (Å²) in [5.41, 5.74) is 2.14. The predicted octanol–water partition coefficient (Wildman–Crippen LogP) is 0.831. The summed E-state index contributed by atoms with van der Waals surface area (Å²) in [6, 6.07) is 17.8. The summed E-state index contributed by atoms with van der Waals surface area (Å²) in [4.78, 5) is 0. The van der Waals surface area contributed by atoms with Crippen LogP contribution in [0, 0.1) is 6.07 Å². The summed E-state index contributed by atoms with van der Waals surface area (Å²) < 4.78 is 0. The van der Waals surface area contributed by atoms with Crippen molar-refractivity contribution in [2.45, 2.75) is 0 Å². The summed E-state index contributed by atoms with van der Waals surface area (Å²) in [6.45, 7) is 0. The van der Waals surface area contributed by atoms with Gasteiger partial charge in [0.05, 0.1) is 0 Å². The first-order chi connectivity index (χ1) is 7.29. The van der Waals surface area contributed by atoms with Crippen molar-refractivity contribution in [3.8, 4) is 11.1 Å². The molecule has 0 unspecified atom stereocenters. The van der Waals surface area contributed by atoms with E-state index in [1.54, 1.807) is 18.2 Å². The minimum absolute atomic E-state index is 0. The summed E-state index contributed by atoms with van der Waals surface area (Å²) in [7, 11) is -1.46. The average molecular weight is 286 g/mol. The maximum absolute atomic E-state index is 9.20. The molecule has 16 heavy (non-hydrogen) atoms. The van der Waals surface area contributed by atoms with E-state index in [2.05, 4.69) is 6.07 Å². The standard InChI is InChI=1S/C12H10BO2.Y/c14-13(15)12-9-5-4-8-11(12)10-6-2-1-3-7-10;/h1-7,9,14-15H;/q-1;. The molecule has 0 fully saturated rings. The van der Waals surface area contributed by atoms with E-state index in [0.717, 1.165) is 11.1 Å². The monoisotopic (exact) mass is 286 g/mol. The van der Waals surface area contributed by atoms with E-state index >= 15 is 0 Å². The topological polar surface area (TPSA) is 40.5 Å². The van der Waals surface area contributed by atoms with Crippen molar-refractivity contribution in [2.24, 2.45) is 0 Å². The van der Waals surface area contributed by atoms with Gasteiger partial charge in [0.1, 0.15) is 0 Å². The zero-order valence-electron chi connectivity index (χ0n) is 8.67. The molecule has 1 radical (unpaired) electrons. The van der Waals surface area contributed by atoms with E-state index < -0.39 is 7.12 Å². The second kappa shape index (κ2) is 6.31. The third kappa shape index (κ3) is 3.02. The van der Waals surface area contributed by atoms with E-state index in [4.69, 9.17) is 0 Å². The zero-order chi connectivity index (χ0) is 10.7. The molecular weight excluding hydrogens is 276 g/mol. The van der Waals surface area contributed by atoms with Gasteiger partial charge in [-0.15, -0.1) is 29.8 Å². The summed E-state index contributed by atoms with van der Waals surface area (Å²) in [5, 5.41) is 18.4. The Morgan fingerprint density at radius 3 is 2.25 bits per heavy atom. The SMILES string of the molecule is OB(O)c1ccc[c-]c1-c1ccccc1.[Y]. The molecule has 2 N–H and O–H groups in total. The molecule has 0 atom stereocenters. The van der Waals surface area contributed by atoms with Crippen LogP contribution in [0.15, 0.2) is 48.5 Å². The van der Waals surface area contributed by atoms with Crippen molar-refractivity contribution in [1.82, 2.24) is 0 Å². The smallest absolute Gasteiger partial charge is 0.429 e. The van der Waals surface area contributed by atoms with Crippen LogP contribution in [0.2, 0.25) is 0 Å². The zero-order valence-corrected chi connectivity index (χ0v) is 11.5. The molecule has 0 saturated carbocycles. The molecular formula is C12H10BO2Y-. The fraction of sp³-hybridized carbons (Fsp3) is 0. The van der Waals surface area contributed by atoms with Crippen molar-refractivity contribution in [3.05, 3.63) is 54.6 Å². The van der Waals surface area contributed by atoms with E-state index in [1.165, 1.54) is 0 Å². The fourth-order valence-corrected chi connectivity index (χ4v) is 1.52. The molecule has 2 nitrogen and oxygen atoms in total. The molecule has 2 rings (SSSR count). The van der Waals surface area contributed by atoms with Crippen LogP contribution in [0.5, 0.6) is 0 Å². The molecule has 2 aromatic carbocycles. The quantitative estimate of drug-likeness (QED) is 0.634. The molecule has 0 heterocycles. The van der Waals surface area contributed by atoms with Gasteiger partial charge in [0, 0.05) is 32.7 Å². The Hall–Kier alpha value is -0.471. The summed E-state index contributed by atoms with van der Waals surface area (Å²) in [5.74, 6) is 0. The van der Waals surface area contributed by atoms with Gasteiger partial charge >= 0.3 is 7.12 Å². The van der Waals surface area contributed by atoms with Gasteiger partial charge < -0.3 is 10.0 Å². The van der Waals surface area contributed by atoms with Gasteiger partial charge in [0.15, 0.2) is 0 Å². The van der Waals surface area contributed by atoms with Crippen molar-refractivity contribution in [2.75, 3.05) is 0 Å². The minimum atomic E-state index is -1.46. The summed E-state index contributed by atoms with van der Waals surface area (Å²) in [6.07, 6.45) is 0. The van der Waals surface area contributed by atoms with Crippen LogP contribution < -0.4 is 5.46 Å². The Bertz CT molecular complexity index is 446. The van der Waals surface area contributed by atoms with Crippen molar-refractivity contribution >= 4 is 12.6 Å². The Morgan fingerprint density at radius 2 is 1.62 bits per heavy atom.